The van der Waals surface area contributed by atoms with Crippen LogP contribution in [0.15, 0.2) is 41.6 Å². The number of ether oxygens (including phenoxy) is 1. The van der Waals surface area contributed by atoms with Crippen molar-refractivity contribution in [2.45, 2.75) is 35.9 Å². The van der Waals surface area contributed by atoms with Crippen molar-refractivity contribution in [2.75, 3.05) is 13.1 Å². The van der Waals surface area contributed by atoms with Crippen LogP contribution in [0.25, 0.3) is 4.85 Å². The largest absolute Gasteiger partial charge is 0.486 e. The molecule has 1 aromatic carbocycles. The number of nitrogens with zero attached hydrogens (tertiary/aromatic N) is 3. The van der Waals surface area contributed by atoms with Gasteiger partial charge in [-0.3, -0.25) is 4.79 Å². The number of amides is 1. The van der Waals surface area contributed by atoms with Gasteiger partial charge < -0.3 is 15.2 Å². The smallest absolute Gasteiger partial charge is 0.471 e. The Bertz CT molecular complexity index is 1270. The van der Waals surface area contributed by atoms with E-state index < -0.39 is 63.8 Å². The number of halogens is 5. The lowest BCUT2D eigenvalue weighted by molar-refractivity contribution is -0.176. The molecule has 35 heavy (non-hydrogen) atoms. The summed E-state index contributed by atoms with van der Waals surface area (Å²) in [4.78, 5) is 18.1. The second-order valence-electron chi connectivity index (χ2n) is 7.63. The average molecular weight is 537 g/mol. The van der Waals surface area contributed by atoms with E-state index in [4.69, 9.17) is 22.9 Å². The Balaban J connectivity index is 1.97. The summed E-state index contributed by atoms with van der Waals surface area (Å²) in [7, 11) is -4.39. The molecule has 1 saturated heterocycles. The molecule has 3 rings (SSSR count). The van der Waals surface area contributed by atoms with Crippen LogP contribution in [0, 0.1) is 12.4 Å². The van der Waals surface area contributed by atoms with Gasteiger partial charge in [0.15, 0.2) is 5.03 Å². The fourth-order valence-corrected chi connectivity index (χ4v) is 4.91. The second kappa shape index (κ2) is 9.57. The number of β-amino-alcohol motifs (C(OH)–C–C–N with tert-alkyl or cyclic N) is 1. The van der Waals surface area contributed by atoms with Gasteiger partial charge >= 0.3 is 12.1 Å². The van der Waals surface area contributed by atoms with Gasteiger partial charge in [0.05, 0.1) is 24.2 Å². The average Bonchev–Trinajstić information content (AvgIpc) is 3.12. The van der Waals surface area contributed by atoms with Crippen molar-refractivity contribution in [2.24, 2.45) is 0 Å². The van der Waals surface area contributed by atoms with Crippen molar-refractivity contribution < 1.29 is 40.6 Å². The minimum atomic E-state index is -5.27. The molecule has 1 amide bonds. The van der Waals surface area contributed by atoms with Crippen LogP contribution in [0.2, 0.25) is 5.02 Å². The van der Waals surface area contributed by atoms with E-state index in [-0.39, 0.29) is 16.5 Å². The summed E-state index contributed by atoms with van der Waals surface area (Å²) < 4.78 is 84.8. The molecule has 1 fully saturated rings. The van der Waals surface area contributed by atoms with Gasteiger partial charge in [-0.2, -0.15) is 17.5 Å². The molecule has 188 valence electrons. The van der Waals surface area contributed by atoms with E-state index >= 15 is 0 Å². The first-order chi connectivity index (χ1) is 16.2. The number of aliphatic hydroxyl groups is 1. The standard InChI is InChI=1S/C20H17ClF4N4O5S/c1-11(28-18(30)20(23,24)25)19(31)10-29(35(32,33)17-6-3-12(21)8-27-17)9-16(19)34-13-4-5-15(26-2)14(22)7-13/h3-8,11,16,31H,9-10H2,1H3,(H,28,30)/t11-,16+,19-/m1/s1. The number of nitrogens with one attached hydrogen (secondary N) is 1. The van der Waals surface area contributed by atoms with Gasteiger partial charge in [0.25, 0.3) is 10.0 Å². The number of hydrogen-bond donors (Lipinski definition) is 2. The molecule has 1 aliphatic heterocycles. The fourth-order valence-electron chi connectivity index (χ4n) is 3.40. The maximum Gasteiger partial charge on any atom is 0.471 e. The topological polar surface area (TPSA) is 113 Å². The predicted molar refractivity (Wildman–Crippen MR) is 114 cm³/mol. The third-order valence-electron chi connectivity index (χ3n) is 5.33. The van der Waals surface area contributed by atoms with E-state index in [1.54, 1.807) is 5.32 Å². The maximum atomic E-state index is 14.0. The molecule has 9 nitrogen and oxygen atoms in total. The molecule has 0 saturated carbocycles. The molecule has 2 aromatic rings. The third kappa shape index (κ3) is 5.48. The molecule has 0 radical (unpaired) electrons. The molecule has 1 aromatic heterocycles. The zero-order chi connectivity index (χ0) is 26.2. The highest BCUT2D eigenvalue weighted by Crippen LogP contribution is 2.34. The molecule has 0 unspecified atom stereocenters. The summed E-state index contributed by atoms with van der Waals surface area (Å²) >= 11 is 5.73. The van der Waals surface area contributed by atoms with Crippen LogP contribution < -0.4 is 10.1 Å². The van der Waals surface area contributed by atoms with Gasteiger partial charge in [0, 0.05) is 18.8 Å². The quantitative estimate of drug-likeness (QED) is 0.433. The number of carbonyl (C=O) groups is 1. The van der Waals surface area contributed by atoms with Crippen LogP contribution in [-0.4, -0.2) is 65.7 Å². The van der Waals surface area contributed by atoms with Crippen molar-refractivity contribution in [3.05, 3.63) is 58.8 Å². The molecule has 0 aliphatic carbocycles. The van der Waals surface area contributed by atoms with Crippen molar-refractivity contribution in [1.82, 2.24) is 14.6 Å². The highest BCUT2D eigenvalue weighted by molar-refractivity contribution is 7.89. The van der Waals surface area contributed by atoms with E-state index in [0.29, 0.717) is 4.31 Å². The van der Waals surface area contributed by atoms with Crippen molar-refractivity contribution >= 4 is 33.2 Å². The molecule has 0 bridgehead atoms. The predicted octanol–water partition coefficient (Wildman–Crippen LogP) is 2.67. The first-order valence-corrected chi connectivity index (χ1v) is 11.6. The first-order valence-electron chi connectivity index (χ1n) is 9.74. The summed E-state index contributed by atoms with van der Waals surface area (Å²) in [6, 6.07) is 3.75. The zero-order valence-corrected chi connectivity index (χ0v) is 19.3. The van der Waals surface area contributed by atoms with Crippen molar-refractivity contribution in [1.29, 1.82) is 0 Å². The van der Waals surface area contributed by atoms with Gasteiger partial charge in [0.2, 0.25) is 5.69 Å². The van der Waals surface area contributed by atoms with Crippen LogP contribution in [0.1, 0.15) is 6.92 Å². The molecular formula is C20H17ClF4N4O5S. The lowest BCUT2D eigenvalue weighted by Crippen LogP contribution is -2.61. The van der Waals surface area contributed by atoms with E-state index in [9.17, 15) is 35.9 Å². The van der Waals surface area contributed by atoms with Crippen LogP contribution in [0.5, 0.6) is 5.75 Å². The Labute approximate surface area is 202 Å². The lowest BCUT2D eigenvalue weighted by atomic mass is 9.91. The summed E-state index contributed by atoms with van der Waals surface area (Å²) in [6.45, 7) is 6.56. The lowest BCUT2D eigenvalue weighted by Gasteiger charge is -2.35. The highest BCUT2D eigenvalue weighted by Gasteiger charge is 2.55. The number of pyridine rings is 1. The number of hydrogen-bond acceptors (Lipinski definition) is 6. The molecule has 15 heteroatoms. The minimum Gasteiger partial charge on any atom is -0.486 e. The van der Waals surface area contributed by atoms with Crippen molar-refractivity contribution in [3.63, 3.8) is 0 Å². The minimum absolute atomic E-state index is 0.149. The second-order valence-corrected chi connectivity index (χ2v) is 9.95. The molecule has 0 spiro atoms. The number of aromatic nitrogens is 1. The molecule has 3 atom stereocenters. The summed E-state index contributed by atoms with van der Waals surface area (Å²) in [6.07, 6.45) is -5.75. The molecule has 1 aliphatic rings. The van der Waals surface area contributed by atoms with Gasteiger partial charge in [-0.1, -0.05) is 11.6 Å². The van der Waals surface area contributed by atoms with Gasteiger partial charge in [0.1, 0.15) is 23.3 Å². The number of benzene rings is 1. The zero-order valence-electron chi connectivity index (χ0n) is 17.8. The number of sulfonamides is 1. The Morgan fingerprint density at radius 2 is 2.09 bits per heavy atom. The fraction of sp³-hybridized carbons (Fsp3) is 0.350. The Hall–Kier alpha value is -2.99. The van der Waals surface area contributed by atoms with E-state index in [1.807, 2.05) is 0 Å². The SMILES string of the molecule is [C-]#[N+]c1ccc(O[C@H]2CN(S(=O)(=O)c3ccc(Cl)cn3)C[C@@]2(O)[C@@H](C)NC(=O)C(F)(F)F)cc1F. The summed E-state index contributed by atoms with van der Waals surface area (Å²) in [5, 5.41) is 12.6. The van der Waals surface area contributed by atoms with E-state index in [0.717, 1.165) is 31.3 Å². The molecule has 2 N–H and O–H groups in total. The maximum absolute atomic E-state index is 14.0. The van der Waals surface area contributed by atoms with Gasteiger partial charge in [-0.05, 0) is 31.2 Å². The Kier molecular flexibility index (Phi) is 7.28. The number of rotatable bonds is 6. The Morgan fingerprint density at radius 3 is 2.63 bits per heavy atom. The van der Waals surface area contributed by atoms with Gasteiger partial charge in [-0.15, -0.1) is 0 Å². The molecular weight excluding hydrogens is 520 g/mol. The Morgan fingerprint density at radius 1 is 1.40 bits per heavy atom. The van der Waals surface area contributed by atoms with E-state index in [1.165, 1.54) is 12.1 Å². The normalized spacial score (nSPS) is 21.8. The number of carbonyl (C=O) groups excluding carboxylic acids is 1. The van der Waals surface area contributed by atoms with Gasteiger partial charge in [-0.25, -0.2) is 22.6 Å². The third-order valence-corrected chi connectivity index (χ3v) is 7.29. The van der Waals surface area contributed by atoms with Crippen LogP contribution in [0.3, 0.4) is 0 Å². The van der Waals surface area contributed by atoms with Crippen LogP contribution in [0.4, 0.5) is 23.2 Å². The summed E-state index contributed by atoms with van der Waals surface area (Å²) in [5.41, 5.74) is -2.71. The monoisotopic (exact) mass is 536 g/mol. The first kappa shape index (κ1) is 26.6. The van der Waals surface area contributed by atoms with Crippen molar-refractivity contribution in [3.8, 4) is 5.75 Å². The van der Waals surface area contributed by atoms with Crippen LogP contribution >= 0.6 is 11.6 Å². The highest BCUT2D eigenvalue weighted by atomic mass is 35.5. The van der Waals surface area contributed by atoms with E-state index in [2.05, 4.69) is 9.83 Å². The summed E-state index contributed by atoms with van der Waals surface area (Å²) in [5.74, 6) is -3.55. The van der Waals surface area contributed by atoms with Crippen LogP contribution in [-0.2, 0) is 14.8 Å². The molecule has 2 heterocycles. The number of alkyl halides is 3.